The molecular formula is C16H20O4. The van der Waals surface area contributed by atoms with Crippen LogP contribution >= 0.6 is 0 Å². The topological polar surface area (TPSA) is 44.8 Å². The molecule has 0 bridgehead atoms. The van der Waals surface area contributed by atoms with Crippen LogP contribution < -0.4 is 0 Å². The smallest absolute Gasteiger partial charge is 0.303 e. The van der Waals surface area contributed by atoms with E-state index in [1.54, 1.807) is 0 Å². The lowest BCUT2D eigenvalue weighted by Crippen LogP contribution is -2.42. The van der Waals surface area contributed by atoms with Gasteiger partial charge in [-0.25, -0.2) is 0 Å². The summed E-state index contributed by atoms with van der Waals surface area (Å²) in [7, 11) is 0. The van der Waals surface area contributed by atoms with Crippen LogP contribution in [-0.4, -0.2) is 24.8 Å². The number of benzene rings is 1. The third-order valence-electron chi connectivity index (χ3n) is 3.12. The average molecular weight is 276 g/mol. The molecule has 1 fully saturated rings. The van der Waals surface area contributed by atoms with Gasteiger partial charge in [0.15, 0.2) is 12.4 Å². The maximum absolute atomic E-state index is 11.1. The largest absolute Gasteiger partial charge is 0.457 e. The number of allylic oxidation sites excluding steroid dienone is 1. The molecule has 0 unspecified atom stereocenters. The van der Waals surface area contributed by atoms with E-state index in [2.05, 4.69) is 0 Å². The summed E-state index contributed by atoms with van der Waals surface area (Å²) in [4.78, 5) is 11.1. The van der Waals surface area contributed by atoms with Crippen molar-refractivity contribution in [2.45, 2.75) is 38.8 Å². The van der Waals surface area contributed by atoms with E-state index >= 15 is 0 Å². The number of hydrogen-bond donors (Lipinski definition) is 0. The highest BCUT2D eigenvalue weighted by Crippen LogP contribution is 2.29. The van der Waals surface area contributed by atoms with Crippen molar-refractivity contribution in [3.63, 3.8) is 0 Å². The molecule has 0 saturated carbocycles. The third-order valence-corrected chi connectivity index (χ3v) is 3.12. The number of rotatable bonds is 4. The Balaban J connectivity index is 2.06. The van der Waals surface area contributed by atoms with Gasteiger partial charge >= 0.3 is 5.97 Å². The molecule has 0 N–H and O–H groups in total. The van der Waals surface area contributed by atoms with Gasteiger partial charge in [-0.2, -0.15) is 0 Å². The SMILES string of the molecule is C/C=C/C[C@@H]1O[C@H](c2ccccc2)OC[C@H]1OC(C)=O. The molecule has 2 rings (SSSR count). The first-order valence-electron chi connectivity index (χ1n) is 6.81. The van der Waals surface area contributed by atoms with Crippen LogP contribution in [0, 0.1) is 0 Å². The van der Waals surface area contributed by atoms with Gasteiger partial charge in [-0.15, -0.1) is 0 Å². The van der Waals surface area contributed by atoms with Gasteiger partial charge in [0, 0.05) is 12.5 Å². The third kappa shape index (κ3) is 3.92. The van der Waals surface area contributed by atoms with E-state index in [-0.39, 0.29) is 18.2 Å². The van der Waals surface area contributed by atoms with Crippen molar-refractivity contribution >= 4 is 5.97 Å². The number of hydrogen-bond acceptors (Lipinski definition) is 4. The van der Waals surface area contributed by atoms with Crippen LogP contribution in [0.2, 0.25) is 0 Å². The van der Waals surface area contributed by atoms with Crippen molar-refractivity contribution in [1.82, 2.24) is 0 Å². The lowest BCUT2D eigenvalue weighted by molar-refractivity contribution is -0.260. The lowest BCUT2D eigenvalue weighted by Gasteiger charge is -2.35. The molecule has 0 aromatic heterocycles. The number of esters is 1. The van der Waals surface area contributed by atoms with Crippen LogP contribution in [0.3, 0.4) is 0 Å². The monoisotopic (exact) mass is 276 g/mol. The number of carbonyl (C=O) groups excluding carboxylic acids is 1. The van der Waals surface area contributed by atoms with Crippen molar-refractivity contribution in [1.29, 1.82) is 0 Å². The molecule has 0 aliphatic carbocycles. The van der Waals surface area contributed by atoms with E-state index in [1.165, 1.54) is 6.92 Å². The predicted octanol–water partition coefficient (Wildman–Crippen LogP) is 3.00. The van der Waals surface area contributed by atoms with Crippen molar-refractivity contribution in [2.75, 3.05) is 6.61 Å². The van der Waals surface area contributed by atoms with Crippen LogP contribution in [0.5, 0.6) is 0 Å². The van der Waals surface area contributed by atoms with Gasteiger partial charge < -0.3 is 14.2 Å². The van der Waals surface area contributed by atoms with Crippen LogP contribution in [-0.2, 0) is 19.0 Å². The summed E-state index contributed by atoms with van der Waals surface area (Å²) in [5.74, 6) is -0.314. The molecule has 1 aliphatic rings. The highest BCUT2D eigenvalue weighted by atomic mass is 16.7. The van der Waals surface area contributed by atoms with Crippen molar-refractivity contribution in [3.8, 4) is 0 Å². The van der Waals surface area contributed by atoms with Gasteiger partial charge in [0.1, 0.15) is 6.10 Å². The first-order valence-corrected chi connectivity index (χ1v) is 6.81. The van der Waals surface area contributed by atoms with Crippen LogP contribution in [0.15, 0.2) is 42.5 Å². The molecule has 108 valence electrons. The van der Waals surface area contributed by atoms with Crippen molar-refractivity contribution in [3.05, 3.63) is 48.0 Å². The second-order valence-electron chi connectivity index (χ2n) is 4.70. The highest BCUT2D eigenvalue weighted by molar-refractivity contribution is 5.66. The first-order chi connectivity index (χ1) is 9.70. The Hall–Kier alpha value is -1.65. The lowest BCUT2D eigenvalue weighted by atomic mass is 10.1. The van der Waals surface area contributed by atoms with E-state index in [0.717, 1.165) is 5.56 Å². The highest BCUT2D eigenvalue weighted by Gasteiger charge is 2.34. The molecule has 1 aromatic rings. The molecule has 4 heteroatoms. The minimum absolute atomic E-state index is 0.186. The Morgan fingerprint density at radius 3 is 2.80 bits per heavy atom. The summed E-state index contributed by atoms with van der Waals surface area (Å²) in [5, 5.41) is 0. The normalized spacial score (nSPS) is 26.6. The fraction of sp³-hybridized carbons (Fsp3) is 0.438. The van der Waals surface area contributed by atoms with Gasteiger partial charge in [-0.05, 0) is 13.3 Å². The van der Waals surface area contributed by atoms with Crippen molar-refractivity contribution < 1.29 is 19.0 Å². The molecule has 0 amide bonds. The fourth-order valence-electron chi connectivity index (χ4n) is 2.16. The average Bonchev–Trinajstić information content (AvgIpc) is 2.46. The molecule has 0 radical (unpaired) electrons. The minimum Gasteiger partial charge on any atom is -0.457 e. The zero-order valence-electron chi connectivity index (χ0n) is 11.8. The Bertz CT molecular complexity index is 455. The van der Waals surface area contributed by atoms with E-state index in [4.69, 9.17) is 14.2 Å². The quantitative estimate of drug-likeness (QED) is 0.626. The summed E-state index contributed by atoms with van der Waals surface area (Å²) in [6, 6.07) is 9.76. The molecule has 20 heavy (non-hydrogen) atoms. The van der Waals surface area contributed by atoms with E-state index in [0.29, 0.717) is 13.0 Å². The van der Waals surface area contributed by atoms with Crippen LogP contribution in [0.25, 0.3) is 0 Å². The Morgan fingerprint density at radius 2 is 2.15 bits per heavy atom. The molecule has 0 spiro atoms. The molecule has 1 heterocycles. The summed E-state index contributed by atoms with van der Waals surface area (Å²) >= 11 is 0. The van der Waals surface area contributed by atoms with Crippen LogP contribution in [0.4, 0.5) is 0 Å². The second-order valence-corrected chi connectivity index (χ2v) is 4.70. The second kappa shape index (κ2) is 7.22. The van der Waals surface area contributed by atoms with E-state index in [9.17, 15) is 4.79 Å². The standard InChI is InChI=1S/C16H20O4/c1-3-4-10-14-15(19-12(2)17)11-18-16(20-14)13-8-6-5-7-9-13/h3-9,14-16H,10-11H2,1-2H3/b4-3+/t14-,15+,16+/m0/s1. The Morgan fingerprint density at radius 1 is 1.40 bits per heavy atom. The molecule has 1 saturated heterocycles. The maximum atomic E-state index is 11.1. The Kier molecular flexibility index (Phi) is 5.32. The zero-order valence-corrected chi connectivity index (χ0v) is 11.8. The molecule has 1 aliphatic heterocycles. The van der Waals surface area contributed by atoms with Gasteiger partial charge in [0.05, 0.1) is 6.61 Å². The number of carbonyl (C=O) groups is 1. The summed E-state index contributed by atoms with van der Waals surface area (Å²) in [5.41, 5.74) is 0.972. The molecule has 1 aromatic carbocycles. The van der Waals surface area contributed by atoms with E-state index < -0.39 is 6.29 Å². The predicted molar refractivity (Wildman–Crippen MR) is 75.0 cm³/mol. The summed E-state index contributed by atoms with van der Waals surface area (Å²) < 4.78 is 16.9. The Labute approximate surface area is 119 Å². The molecular weight excluding hydrogens is 256 g/mol. The molecule has 4 nitrogen and oxygen atoms in total. The summed E-state index contributed by atoms with van der Waals surface area (Å²) in [6.07, 6.45) is 3.72. The minimum atomic E-state index is -0.404. The molecule has 3 atom stereocenters. The van der Waals surface area contributed by atoms with Gasteiger partial charge in [-0.1, -0.05) is 42.5 Å². The zero-order chi connectivity index (χ0) is 14.4. The summed E-state index contributed by atoms with van der Waals surface area (Å²) in [6.45, 7) is 3.70. The van der Waals surface area contributed by atoms with Gasteiger partial charge in [0.25, 0.3) is 0 Å². The van der Waals surface area contributed by atoms with Gasteiger partial charge in [-0.3, -0.25) is 4.79 Å². The van der Waals surface area contributed by atoms with Crippen molar-refractivity contribution in [2.24, 2.45) is 0 Å². The van der Waals surface area contributed by atoms with E-state index in [1.807, 2.05) is 49.4 Å². The maximum Gasteiger partial charge on any atom is 0.303 e. The van der Waals surface area contributed by atoms with Gasteiger partial charge in [0.2, 0.25) is 0 Å². The fourth-order valence-corrected chi connectivity index (χ4v) is 2.16. The first kappa shape index (κ1) is 14.8. The van der Waals surface area contributed by atoms with Crippen LogP contribution in [0.1, 0.15) is 32.1 Å². The number of ether oxygens (including phenoxy) is 3.